The molecule has 0 unspecified atom stereocenters. The Morgan fingerprint density at radius 1 is 1.04 bits per heavy atom. The summed E-state index contributed by atoms with van der Waals surface area (Å²) < 4.78 is 5.85. The van der Waals surface area contributed by atoms with Crippen molar-refractivity contribution in [3.8, 4) is 0 Å². The van der Waals surface area contributed by atoms with Crippen LogP contribution in [0.1, 0.15) is 55.4 Å². The lowest BCUT2D eigenvalue weighted by Gasteiger charge is -2.05. The van der Waals surface area contributed by atoms with Crippen LogP contribution in [0.25, 0.3) is 0 Å². The summed E-state index contributed by atoms with van der Waals surface area (Å²) in [6, 6.07) is 8.09. The second kappa shape index (κ2) is 9.84. The molecule has 3 heteroatoms. The number of benzene rings is 1. The quantitative estimate of drug-likeness (QED) is 0.373. The third kappa shape index (κ3) is 5.53. The number of allylic oxidation sites excluding steroid dienone is 4. The van der Waals surface area contributed by atoms with Crippen LogP contribution in [0.4, 0.5) is 5.69 Å². The summed E-state index contributed by atoms with van der Waals surface area (Å²) in [4.78, 5) is 9.25. The molecule has 0 radical (unpaired) electrons. The van der Waals surface area contributed by atoms with Gasteiger partial charge in [0.2, 0.25) is 0 Å². The van der Waals surface area contributed by atoms with Gasteiger partial charge in [0.15, 0.2) is 0 Å². The van der Waals surface area contributed by atoms with Gasteiger partial charge in [0.25, 0.3) is 0 Å². The molecule has 3 nitrogen and oxygen atoms in total. The second-order valence-corrected chi connectivity index (χ2v) is 7.03. The fourth-order valence-electron chi connectivity index (χ4n) is 3.15. The van der Waals surface area contributed by atoms with Gasteiger partial charge in [0.05, 0.1) is 23.8 Å². The molecule has 0 aliphatic carbocycles. The summed E-state index contributed by atoms with van der Waals surface area (Å²) in [7, 11) is 0. The normalized spacial score (nSPS) is 13.4. The molecule has 0 fully saturated rings. The Labute approximate surface area is 168 Å². The smallest absolute Gasteiger partial charge is 0.145 e. The fourth-order valence-corrected chi connectivity index (χ4v) is 3.15. The highest BCUT2D eigenvalue weighted by atomic mass is 16.3. The van der Waals surface area contributed by atoms with Gasteiger partial charge in [-0.15, -0.1) is 0 Å². The third-order valence-electron chi connectivity index (χ3n) is 4.49. The zero-order chi connectivity index (χ0) is 20.7. The summed E-state index contributed by atoms with van der Waals surface area (Å²) in [5.74, 6) is 1.39. The van der Waals surface area contributed by atoms with E-state index < -0.39 is 0 Å². The average molecular weight is 375 g/mol. The van der Waals surface area contributed by atoms with Crippen molar-refractivity contribution in [1.29, 1.82) is 0 Å². The maximum Gasteiger partial charge on any atom is 0.145 e. The number of aryl methyl sites for hydroxylation is 3. The van der Waals surface area contributed by atoms with Gasteiger partial charge in [-0.3, -0.25) is 9.98 Å². The second-order valence-electron chi connectivity index (χ2n) is 7.03. The molecule has 0 spiro atoms. The maximum absolute atomic E-state index is 5.85. The van der Waals surface area contributed by atoms with Crippen LogP contribution in [0.3, 0.4) is 0 Å². The van der Waals surface area contributed by atoms with E-state index in [1.54, 1.807) is 12.4 Å². The van der Waals surface area contributed by atoms with Crippen molar-refractivity contribution in [2.75, 3.05) is 0 Å². The van der Waals surface area contributed by atoms with Gasteiger partial charge in [0, 0.05) is 0 Å². The van der Waals surface area contributed by atoms with E-state index in [2.05, 4.69) is 69.4 Å². The van der Waals surface area contributed by atoms with E-state index in [-0.39, 0.29) is 0 Å². The third-order valence-corrected chi connectivity index (χ3v) is 4.49. The minimum atomic E-state index is 0.692. The molecule has 0 aliphatic heterocycles. The zero-order valence-corrected chi connectivity index (χ0v) is 17.8. The lowest BCUT2D eigenvalue weighted by Crippen LogP contribution is -1.88. The highest BCUT2D eigenvalue weighted by Crippen LogP contribution is 2.25. The van der Waals surface area contributed by atoms with Crippen molar-refractivity contribution in [2.45, 2.75) is 48.0 Å². The van der Waals surface area contributed by atoms with E-state index in [1.165, 1.54) is 5.56 Å². The maximum atomic E-state index is 5.85. The molecule has 0 amide bonds. The van der Waals surface area contributed by atoms with Crippen LogP contribution in [0.15, 0.2) is 74.2 Å². The Balaban J connectivity index is 2.23. The molecule has 1 aromatic heterocycles. The van der Waals surface area contributed by atoms with E-state index in [0.717, 1.165) is 40.1 Å². The van der Waals surface area contributed by atoms with E-state index in [9.17, 15) is 0 Å². The van der Waals surface area contributed by atoms with Crippen LogP contribution in [-0.4, -0.2) is 12.4 Å². The van der Waals surface area contributed by atoms with Crippen LogP contribution in [-0.2, 0) is 0 Å². The van der Waals surface area contributed by atoms with Crippen LogP contribution in [0.2, 0.25) is 0 Å². The molecule has 0 N–H and O–H groups in total. The lowest BCUT2D eigenvalue weighted by atomic mass is 10.1. The lowest BCUT2D eigenvalue weighted by molar-refractivity contribution is 0.553. The molecule has 146 valence electrons. The summed E-state index contributed by atoms with van der Waals surface area (Å²) in [5, 5.41) is 0. The molecular formula is C25H30N2O. The minimum Gasteiger partial charge on any atom is -0.454 e. The van der Waals surface area contributed by atoms with Gasteiger partial charge in [-0.2, -0.15) is 0 Å². The van der Waals surface area contributed by atoms with E-state index >= 15 is 0 Å². The fraction of sp³-hybridized carbons (Fsp3) is 0.280. The number of hydrogen-bond donors (Lipinski definition) is 0. The molecule has 0 saturated carbocycles. The average Bonchev–Trinajstić information content (AvgIpc) is 3.08. The zero-order valence-electron chi connectivity index (χ0n) is 17.8. The molecule has 0 atom stereocenters. The van der Waals surface area contributed by atoms with Crippen molar-refractivity contribution in [1.82, 2.24) is 0 Å². The summed E-state index contributed by atoms with van der Waals surface area (Å²) in [5.41, 5.74) is 7.66. The first kappa shape index (κ1) is 21.4. The van der Waals surface area contributed by atoms with Gasteiger partial charge in [0.1, 0.15) is 11.5 Å². The van der Waals surface area contributed by atoms with Crippen molar-refractivity contribution < 1.29 is 4.42 Å². The van der Waals surface area contributed by atoms with Gasteiger partial charge in [-0.1, -0.05) is 43.4 Å². The van der Waals surface area contributed by atoms with E-state index in [4.69, 9.17) is 4.42 Å². The molecule has 1 heterocycles. The Hall–Kier alpha value is -2.94. The Morgan fingerprint density at radius 3 is 2.21 bits per heavy atom. The monoisotopic (exact) mass is 374 g/mol. The summed E-state index contributed by atoms with van der Waals surface area (Å²) in [6.07, 6.45) is 8.46. The van der Waals surface area contributed by atoms with Gasteiger partial charge in [-0.25, -0.2) is 0 Å². The molecule has 0 aliphatic rings. The molecular weight excluding hydrogens is 344 g/mol. The molecule has 28 heavy (non-hydrogen) atoms. The minimum absolute atomic E-state index is 0.692. The molecule has 0 bridgehead atoms. The number of furan rings is 1. The van der Waals surface area contributed by atoms with E-state index in [1.807, 2.05) is 25.1 Å². The largest absolute Gasteiger partial charge is 0.454 e. The standard InChI is InChI=1S/C25H30N2O/c1-8-10-19(5)24(18(4)9-2)26-15-22-11-12-23(28-22)16-27-25-20(6)13-17(3)14-21(25)7/h9-16H,2,8H2,1,3-7H3/b19-10-,24-18+,26-15+,27-16+. The first-order valence-corrected chi connectivity index (χ1v) is 9.62. The summed E-state index contributed by atoms with van der Waals surface area (Å²) in [6.45, 7) is 16.3. The van der Waals surface area contributed by atoms with Crippen molar-refractivity contribution >= 4 is 18.1 Å². The Morgan fingerprint density at radius 2 is 1.64 bits per heavy atom. The summed E-state index contributed by atoms with van der Waals surface area (Å²) >= 11 is 0. The van der Waals surface area contributed by atoms with Gasteiger partial charge >= 0.3 is 0 Å². The first-order valence-electron chi connectivity index (χ1n) is 9.62. The highest BCUT2D eigenvalue weighted by molar-refractivity contribution is 5.83. The Bertz CT molecular complexity index is 945. The van der Waals surface area contributed by atoms with Crippen molar-refractivity contribution in [2.24, 2.45) is 9.98 Å². The van der Waals surface area contributed by atoms with E-state index in [0.29, 0.717) is 11.5 Å². The first-order chi connectivity index (χ1) is 13.3. The van der Waals surface area contributed by atoms with Gasteiger partial charge in [-0.05, 0) is 75.4 Å². The van der Waals surface area contributed by atoms with Crippen molar-refractivity contribution in [3.05, 3.63) is 88.1 Å². The number of rotatable bonds is 7. The topological polar surface area (TPSA) is 37.9 Å². The van der Waals surface area contributed by atoms with Crippen LogP contribution in [0.5, 0.6) is 0 Å². The van der Waals surface area contributed by atoms with Gasteiger partial charge < -0.3 is 4.42 Å². The SMILES string of the molecule is C=C/C(C)=C(/N=C/c1ccc(/C=N/c2c(C)cc(C)cc2C)o1)C(\C)=C/CC. The molecule has 0 saturated heterocycles. The van der Waals surface area contributed by atoms with Crippen molar-refractivity contribution in [3.63, 3.8) is 0 Å². The predicted molar refractivity (Wildman–Crippen MR) is 121 cm³/mol. The number of hydrogen-bond acceptors (Lipinski definition) is 3. The number of aliphatic imine (C=N–C) groups is 2. The molecule has 2 rings (SSSR count). The van der Waals surface area contributed by atoms with Crippen LogP contribution in [0, 0.1) is 20.8 Å². The molecule has 1 aromatic carbocycles. The Kier molecular flexibility index (Phi) is 7.51. The molecule has 2 aromatic rings. The predicted octanol–water partition coefficient (Wildman–Crippen LogP) is 7.19. The van der Waals surface area contributed by atoms with Crippen LogP contribution < -0.4 is 0 Å². The number of nitrogens with zero attached hydrogens (tertiary/aromatic N) is 2. The highest BCUT2D eigenvalue weighted by Gasteiger charge is 2.04. The van der Waals surface area contributed by atoms with Crippen LogP contribution >= 0.6 is 0 Å².